The number of hydrogen-bond donors (Lipinski definition) is 0. The monoisotopic (exact) mass is 1020 g/mol. The lowest BCUT2D eigenvalue weighted by atomic mass is 9.63. The van der Waals surface area contributed by atoms with Crippen LogP contribution in [0.3, 0.4) is 0 Å². The molecule has 0 amide bonds. The topological polar surface area (TPSA) is 210 Å². The molecule has 16 nitrogen and oxygen atoms in total. The predicted octanol–water partition coefficient (Wildman–Crippen LogP) is 7.95. The first-order chi connectivity index (χ1) is 34.1. The van der Waals surface area contributed by atoms with Crippen LogP contribution in [0.4, 0.5) is 0 Å². The summed E-state index contributed by atoms with van der Waals surface area (Å²) in [4.78, 5) is 95.3. The van der Waals surface area contributed by atoms with Gasteiger partial charge in [-0.3, -0.25) is 38.4 Å². The van der Waals surface area contributed by atoms with Crippen LogP contribution in [0.25, 0.3) is 0 Å². The quantitative estimate of drug-likeness (QED) is 0.134. The molecule has 10 aliphatic carbocycles. The Morgan fingerprint density at radius 3 is 1.78 bits per heavy atom. The summed E-state index contributed by atoms with van der Waals surface area (Å²) in [5, 5.41) is 0. The normalized spacial score (nSPS) is 44.0. The molecule has 0 N–H and O–H groups in total. The van der Waals surface area contributed by atoms with E-state index >= 15 is 0 Å². The largest absolute Gasteiger partial charge is 0.458 e. The van der Waals surface area contributed by atoms with Crippen molar-refractivity contribution < 1.29 is 76.3 Å². The van der Waals surface area contributed by atoms with Crippen LogP contribution in [0.1, 0.15) is 173 Å². The SMILES string of the molecule is CCC(C)(C)C(=O)OC1(C)C2CC3C(=O)OC1C3C2.CCC(C)(C)C(=O)OC12C3CC4C(=O)OC15C4C325.CCC(C)(C)C(=O)OC1C2CCC3C(C2)C(=O)OC31.CCC(C)(C)C(=O)OC1CCC2CC1OC2=O. The molecule has 4 aliphatic heterocycles. The molecule has 14 rings (SSSR count). The summed E-state index contributed by atoms with van der Waals surface area (Å²) < 4.78 is 44.6. The highest BCUT2D eigenvalue weighted by Crippen LogP contribution is 3.16. The van der Waals surface area contributed by atoms with Crippen LogP contribution in [0.15, 0.2) is 0 Å². The zero-order valence-electron chi connectivity index (χ0n) is 45.4. The molecule has 0 radical (unpaired) electrons. The average Bonchev–Trinajstić information content (AvgIpc) is 3.72. The minimum absolute atomic E-state index is 0.0362. The van der Waals surface area contributed by atoms with Gasteiger partial charge in [-0.25, -0.2) is 0 Å². The summed E-state index contributed by atoms with van der Waals surface area (Å²) in [5.41, 5.74) is -3.08. The molecule has 2 spiro atoms. The summed E-state index contributed by atoms with van der Waals surface area (Å²) in [6, 6.07) is 0. The first kappa shape index (κ1) is 52.2. The molecule has 4 saturated heterocycles. The van der Waals surface area contributed by atoms with Gasteiger partial charge >= 0.3 is 47.8 Å². The van der Waals surface area contributed by atoms with Gasteiger partial charge < -0.3 is 37.9 Å². The number of fused-ring (bicyclic) bond motifs is 5. The molecule has 14 fully saturated rings. The molecule has 19 unspecified atom stereocenters. The molecule has 10 saturated carbocycles. The molecular weight excluding hydrogens is 941 g/mol. The molecule has 14 aliphatic rings. The van der Waals surface area contributed by atoms with Gasteiger partial charge in [-0.05, 0) is 139 Å². The number of ether oxygens (including phenoxy) is 8. The first-order valence-corrected chi connectivity index (χ1v) is 27.8. The zero-order valence-corrected chi connectivity index (χ0v) is 45.4. The van der Waals surface area contributed by atoms with Crippen LogP contribution in [0.2, 0.25) is 0 Å². The van der Waals surface area contributed by atoms with E-state index in [2.05, 4.69) is 0 Å². The van der Waals surface area contributed by atoms with E-state index in [9.17, 15) is 38.4 Å². The smallest absolute Gasteiger partial charge is 0.312 e. The van der Waals surface area contributed by atoms with Gasteiger partial charge in [0.25, 0.3) is 0 Å². The van der Waals surface area contributed by atoms with Crippen LogP contribution in [0, 0.1) is 86.3 Å². The van der Waals surface area contributed by atoms with E-state index in [0.29, 0.717) is 24.2 Å². The fourth-order valence-electron chi connectivity index (χ4n) is 15.2. The van der Waals surface area contributed by atoms with E-state index in [1.54, 1.807) is 0 Å². The van der Waals surface area contributed by atoms with Gasteiger partial charge in [0.2, 0.25) is 0 Å². The maximum atomic E-state index is 12.3. The molecule has 404 valence electrons. The second-order valence-electron chi connectivity index (χ2n) is 26.9. The van der Waals surface area contributed by atoms with Gasteiger partial charge in [0.15, 0.2) is 11.2 Å². The third-order valence-electron chi connectivity index (χ3n) is 21.8. The summed E-state index contributed by atoms with van der Waals surface area (Å²) >= 11 is 0. The van der Waals surface area contributed by atoms with Gasteiger partial charge in [-0.15, -0.1) is 0 Å². The fraction of sp³-hybridized carbons (Fsp3) is 0.860. The third kappa shape index (κ3) is 7.20. The Hall–Kier alpha value is -4.24. The molecule has 4 heterocycles. The Kier molecular flexibility index (Phi) is 12.1. The highest BCUT2D eigenvalue weighted by atomic mass is 16.7. The van der Waals surface area contributed by atoms with Crippen molar-refractivity contribution in [3.8, 4) is 0 Å². The molecule has 0 aromatic heterocycles. The van der Waals surface area contributed by atoms with E-state index in [1.165, 1.54) is 0 Å². The number of esters is 8. The minimum Gasteiger partial charge on any atom is -0.458 e. The molecule has 8 bridgehead atoms. The zero-order chi connectivity index (χ0) is 53.1. The second kappa shape index (κ2) is 16.9. The molecule has 19 atom stereocenters. The van der Waals surface area contributed by atoms with Gasteiger partial charge in [0, 0.05) is 41.9 Å². The van der Waals surface area contributed by atoms with Crippen LogP contribution >= 0.6 is 0 Å². The number of hydrogen-bond acceptors (Lipinski definition) is 16. The lowest BCUT2D eigenvalue weighted by Gasteiger charge is -2.44. The van der Waals surface area contributed by atoms with Crippen molar-refractivity contribution in [3.05, 3.63) is 0 Å². The Bertz CT molecular complexity index is 2380. The average molecular weight is 1020 g/mol. The van der Waals surface area contributed by atoms with Crippen molar-refractivity contribution in [2.45, 2.75) is 221 Å². The molecule has 16 heteroatoms. The highest BCUT2D eigenvalue weighted by Gasteiger charge is 3.32. The van der Waals surface area contributed by atoms with Crippen molar-refractivity contribution in [1.82, 2.24) is 0 Å². The maximum absolute atomic E-state index is 12.3. The summed E-state index contributed by atoms with van der Waals surface area (Å²) in [6.07, 6.45) is 9.75. The number of rotatable bonds is 12. The Morgan fingerprint density at radius 2 is 1.15 bits per heavy atom. The molecule has 73 heavy (non-hydrogen) atoms. The number of carbonyl (C=O) groups excluding carboxylic acids is 8. The van der Waals surface area contributed by atoms with E-state index in [4.69, 9.17) is 37.9 Å². The Labute approximate surface area is 429 Å². The summed E-state index contributed by atoms with van der Waals surface area (Å²) in [6.45, 7) is 25.0. The Balaban J connectivity index is 0.000000112. The summed E-state index contributed by atoms with van der Waals surface area (Å²) in [5.74, 6) is 1.22. The van der Waals surface area contributed by atoms with Crippen LogP contribution < -0.4 is 0 Å². The molecular formula is C57H80O16. The van der Waals surface area contributed by atoms with Crippen molar-refractivity contribution in [2.75, 3.05) is 0 Å². The van der Waals surface area contributed by atoms with E-state index in [0.717, 1.165) is 77.0 Å². The van der Waals surface area contributed by atoms with E-state index < -0.39 is 27.3 Å². The minimum atomic E-state index is -0.614. The second-order valence-corrected chi connectivity index (χ2v) is 26.9. The molecule has 0 aromatic rings. The van der Waals surface area contributed by atoms with Crippen LogP contribution in [-0.4, -0.2) is 95.1 Å². The lowest BCUT2D eigenvalue weighted by molar-refractivity contribution is -0.188. The van der Waals surface area contributed by atoms with E-state index in [-0.39, 0.29) is 136 Å². The van der Waals surface area contributed by atoms with Crippen molar-refractivity contribution in [3.63, 3.8) is 0 Å². The van der Waals surface area contributed by atoms with Crippen LogP contribution in [0.5, 0.6) is 0 Å². The Morgan fingerprint density at radius 1 is 0.575 bits per heavy atom. The van der Waals surface area contributed by atoms with E-state index in [1.807, 2.05) is 90.0 Å². The van der Waals surface area contributed by atoms with Gasteiger partial charge in [-0.2, -0.15) is 0 Å². The molecule has 0 aromatic carbocycles. The van der Waals surface area contributed by atoms with Crippen molar-refractivity contribution >= 4 is 47.8 Å². The first-order valence-electron chi connectivity index (χ1n) is 27.8. The summed E-state index contributed by atoms with van der Waals surface area (Å²) in [7, 11) is 0. The standard InChI is InChI=1S/2C15H22O4.C14H16O4.C13H20O4/c1-5-14(2,3)13(17)19-15(4)8-6-9-10(7-8)12(16)18-11(9)15;1-4-15(2,3)14(17)19-11-8-5-6-9-10(7-8)13(16)18-12(9)11;1-4-11(2,3)10(16)18-13-7-5-6-8-12(7,13)14(8,13)17-9(6)15;1-4-13(2,3)12(15)17-9-6-5-8-7-10(9)16-11(8)14/h8-11H,5-7H2,1-4H3;8-12H,4-7H2,1-3H3;6-8H,4-5H2,1-3H3;8-10H,4-7H2,1-3H3. The number of carbonyl (C=O) groups is 8. The third-order valence-corrected chi connectivity index (χ3v) is 21.8. The fourth-order valence-corrected chi connectivity index (χ4v) is 15.2. The van der Waals surface area contributed by atoms with Gasteiger partial charge in [0.05, 0.1) is 50.7 Å². The maximum Gasteiger partial charge on any atom is 0.312 e. The lowest BCUT2D eigenvalue weighted by Crippen LogP contribution is -2.51. The highest BCUT2D eigenvalue weighted by molar-refractivity contribution is 5.95. The van der Waals surface area contributed by atoms with Gasteiger partial charge in [-0.1, -0.05) is 27.7 Å². The van der Waals surface area contributed by atoms with Crippen LogP contribution in [-0.2, 0) is 76.3 Å². The van der Waals surface area contributed by atoms with Crippen molar-refractivity contribution in [2.24, 2.45) is 86.3 Å². The van der Waals surface area contributed by atoms with Gasteiger partial charge in [0.1, 0.15) is 36.1 Å². The van der Waals surface area contributed by atoms with Crippen molar-refractivity contribution in [1.29, 1.82) is 0 Å². The predicted molar refractivity (Wildman–Crippen MR) is 257 cm³/mol.